The van der Waals surface area contributed by atoms with Crippen LogP contribution in [0.5, 0.6) is 5.75 Å². The molecule has 0 unspecified atom stereocenters. The SMILES string of the molecule is COc1ccc(S(N)(=O)=O)cc1N1CCN(c2cc([N+](=O)[O-])ccc2C)CC1. The van der Waals surface area contributed by atoms with Crippen LogP contribution < -0.4 is 19.7 Å². The van der Waals surface area contributed by atoms with E-state index in [1.165, 1.54) is 25.3 Å². The molecular weight excluding hydrogens is 384 g/mol. The standard InChI is InChI=1S/C18H22N4O5S/c1-13-3-4-14(22(23)24)11-16(13)20-7-9-21(10-8-20)17-12-15(28(19,25)26)5-6-18(17)27-2/h3-6,11-12H,7-10H2,1-2H3,(H2,19,25,26). The van der Waals surface area contributed by atoms with E-state index in [-0.39, 0.29) is 10.6 Å². The molecule has 1 aliphatic heterocycles. The smallest absolute Gasteiger partial charge is 0.271 e. The van der Waals surface area contributed by atoms with Gasteiger partial charge in [0.2, 0.25) is 10.0 Å². The van der Waals surface area contributed by atoms with Crippen molar-refractivity contribution < 1.29 is 18.1 Å². The second-order valence-corrected chi connectivity index (χ2v) is 8.14. The van der Waals surface area contributed by atoms with Gasteiger partial charge in [0.15, 0.2) is 0 Å². The summed E-state index contributed by atoms with van der Waals surface area (Å²) in [5.74, 6) is 0.562. The maximum Gasteiger partial charge on any atom is 0.271 e. The largest absolute Gasteiger partial charge is 0.495 e. The van der Waals surface area contributed by atoms with Crippen LogP contribution >= 0.6 is 0 Å². The van der Waals surface area contributed by atoms with Gasteiger partial charge in [-0.1, -0.05) is 6.07 Å². The number of non-ortho nitro benzene ring substituents is 1. The highest BCUT2D eigenvalue weighted by molar-refractivity contribution is 7.89. The third-order valence-electron chi connectivity index (χ3n) is 4.84. The fraction of sp³-hybridized carbons (Fsp3) is 0.333. The summed E-state index contributed by atoms with van der Waals surface area (Å²) in [4.78, 5) is 14.8. The number of piperazine rings is 1. The fourth-order valence-corrected chi connectivity index (χ4v) is 3.87. The minimum Gasteiger partial charge on any atom is -0.495 e. The summed E-state index contributed by atoms with van der Waals surface area (Å²) in [6, 6.07) is 9.36. The lowest BCUT2D eigenvalue weighted by molar-refractivity contribution is -0.384. The Kier molecular flexibility index (Phi) is 5.43. The van der Waals surface area contributed by atoms with Gasteiger partial charge in [-0.3, -0.25) is 10.1 Å². The van der Waals surface area contributed by atoms with Gasteiger partial charge >= 0.3 is 0 Å². The van der Waals surface area contributed by atoms with E-state index in [0.29, 0.717) is 37.6 Å². The van der Waals surface area contributed by atoms with Crippen molar-refractivity contribution >= 4 is 27.1 Å². The van der Waals surface area contributed by atoms with Gasteiger partial charge in [-0.25, -0.2) is 13.6 Å². The number of anilines is 2. The third kappa shape index (κ3) is 4.02. The van der Waals surface area contributed by atoms with Gasteiger partial charge in [0.1, 0.15) is 5.75 Å². The molecule has 0 amide bonds. The number of nitrogens with two attached hydrogens (primary N) is 1. The molecule has 2 aromatic carbocycles. The van der Waals surface area contributed by atoms with E-state index in [1.807, 2.05) is 11.8 Å². The van der Waals surface area contributed by atoms with E-state index < -0.39 is 14.9 Å². The van der Waals surface area contributed by atoms with Crippen molar-refractivity contribution in [3.63, 3.8) is 0 Å². The predicted molar refractivity (Wildman–Crippen MR) is 107 cm³/mol. The van der Waals surface area contributed by atoms with E-state index in [2.05, 4.69) is 4.90 Å². The average Bonchev–Trinajstić information content (AvgIpc) is 2.67. The molecule has 1 aliphatic rings. The number of aryl methyl sites for hydroxylation is 1. The Balaban J connectivity index is 1.83. The van der Waals surface area contributed by atoms with Crippen LogP contribution in [0.2, 0.25) is 0 Å². The van der Waals surface area contributed by atoms with Crippen molar-refractivity contribution in [2.75, 3.05) is 43.1 Å². The first-order chi connectivity index (χ1) is 13.2. The van der Waals surface area contributed by atoms with Crippen LogP contribution in [0.25, 0.3) is 0 Å². The van der Waals surface area contributed by atoms with Gasteiger partial charge in [0, 0.05) is 44.0 Å². The normalized spacial score (nSPS) is 14.8. The first-order valence-electron chi connectivity index (χ1n) is 8.66. The quantitative estimate of drug-likeness (QED) is 0.595. The highest BCUT2D eigenvalue weighted by atomic mass is 32.2. The Labute approximate surface area is 163 Å². The highest BCUT2D eigenvalue weighted by Crippen LogP contribution is 2.33. The molecule has 0 aromatic heterocycles. The number of nitro benzene ring substituents is 1. The van der Waals surface area contributed by atoms with Crippen LogP contribution in [0.4, 0.5) is 17.1 Å². The zero-order chi connectivity index (χ0) is 20.5. The minimum absolute atomic E-state index is 0.0280. The zero-order valence-electron chi connectivity index (χ0n) is 15.7. The Morgan fingerprint density at radius 3 is 2.18 bits per heavy atom. The maximum atomic E-state index is 11.7. The molecule has 1 saturated heterocycles. The van der Waals surface area contributed by atoms with Crippen molar-refractivity contribution in [3.05, 3.63) is 52.1 Å². The molecule has 0 saturated carbocycles. The summed E-state index contributed by atoms with van der Waals surface area (Å²) < 4.78 is 28.7. The molecule has 150 valence electrons. The molecule has 0 aliphatic carbocycles. The summed E-state index contributed by atoms with van der Waals surface area (Å²) in [6.45, 7) is 4.39. The van der Waals surface area contributed by atoms with Crippen molar-refractivity contribution in [2.24, 2.45) is 5.14 Å². The molecule has 1 heterocycles. The summed E-state index contributed by atoms with van der Waals surface area (Å²) in [5, 5.41) is 16.3. The van der Waals surface area contributed by atoms with Gasteiger partial charge in [0.05, 0.1) is 22.6 Å². The van der Waals surface area contributed by atoms with E-state index in [1.54, 1.807) is 18.2 Å². The van der Waals surface area contributed by atoms with E-state index in [4.69, 9.17) is 9.88 Å². The topological polar surface area (TPSA) is 119 Å². The number of nitrogens with zero attached hydrogens (tertiary/aromatic N) is 3. The number of methoxy groups -OCH3 is 1. The number of benzene rings is 2. The molecular formula is C18H22N4O5S. The third-order valence-corrected chi connectivity index (χ3v) is 5.75. The fourth-order valence-electron chi connectivity index (χ4n) is 3.33. The summed E-state index contributed by atoms with van der Waals surface area (Å²) in [5.41, 5.74) is 2.52. The van der Waals surface area contributed by atoms with Crippen LogP contribution in [-0.2, 0) is 10.0 Å². The van der Waals surface area contributed by atoms with Gasteiger partial charge in [-0.2, -0.15) is 0 Å². The summed E-state index contributed by atoms with van der Waals surface area (Å²) in [6.07, 6.45) is 0. The van der Waals surface area contributed by atoms with E-state index in [9.17, 15) is 18.5 Å². The molecule has 0 atom stereocenters. The van der Waals surface area contributed by atoms with Crippen LogP contribution in [0.1, 0.15) is 5.56 Å². The number of primary sulfonamides is 1. The predicted octanol–water partition coefficient (Wildman–Crippen LogP) is 1.89. The van der Waals surface area contributed by atoms with Gasteiger partial charge in [-0.05, 0) is 30.7 Å². The van der Waals surface area contributed by atoms with Gasteiger partial charge in [0.25, 0.3) is 5.69 Å². The molecule has 0 bridgehead atoms. The summed E-state index contributed by atoms with van der Waals surface area (Å²) in [7, 11) is -2.29. The van der Waals surface area contributed by atoms with Crippen molar-refractivity contribution in [1.29, 1.82) is 0 Å². The zero-order valence-corrected chi connectivity index (χ0v) is 16.5. The molecule has 2 aromatic rings. The molecule has 2 N–H and O–H groups in total. The number of nitro groups is 1. The Bertz CT molecular complexity index is 1000. The molecule has 1 fully saturated rings. The van der Waals surface area contributed by atoms with Crippen molar-refractivity contribution in [3.8, 4) is 5.75 Å². The molecule has 10 heteroatoms. The number of hydrogen-bond acceptors (Lipinski definition) is 7. The monoisotopic (exact) mass is 406 g/mol. The minimum atomic E-state index is -3.82. The Morgan fingerprint density at radius 2 is 1.64 bits per heavy atom. The number of rotatable bonds is 5. The molecule has 9 nitrogen and oxygen atoms in total. The first kappa shape index (κ1) is 19.9. The Morgan fingerprint density at radius 1 is 1.04 bits per heavy atom. The van der Waals surface area contributed by atoms with Crippen LogP contribution in [-0.4, -0.2) is 46.6 Å². The second kappa shape index (κ2) is 7.64. The van der Waals surface area contributed by atoms with Crippen LogP contribution in [0.3, 0.4) is 0 Å². The lowest BCUT2D eigenvalue weighted by atomic mass is 10.1. The van der Waals surface area contributed by atoms with Gasteiger partial charge < -0.3 is 14.5 Å². The Hall–Kier alpha value is -2.85. The summed E-state index contributed by atoms with van der Waals surface area (Å²) >= 11 is 0. The van der Waals surface area contributed by atoms with Crippen LogP contribution in [0.15, 0.2) is 41.3 Å². The van der Waals surface area contributed by atoms with Crippen LogP contribution in [0, 0.1) is 17.0 Å². The van der Waals surface area contributed by atoms with Gasteiger partial charge in [-0.15, -0.1) is 0 Å². The molecule has 0 spiro atoms. The first-order valence-corrected chi connectivity index (χ1v) is 10.2. The number of ether oxygens (including phenoxy) is 1. The average molecular weight is 406 g/mol. The highest BCUT2D eigenvalue weighted by Gasteiger charge is 2.23. The lowest BCUT2D eigenvalue weighted by Crippen LogP contribution is -2.47. The van der Waals surface area contributed by atoms with E-state index in [0.717, 1.165) is 11.3 Å². The number of sulfonamides is 1. The number of hydrogen-bond donors (Lipinski definition) is 1. The lowest BCUT2D eigenvalue weighted by Gasteiger charge is -2.38. The maximum absolute atomic E-state index is 11.7. The second-order valence-electron chi connectivity index (χ2n) is 6.58. The van der Waals surface area contributed by atoms with Crippen molar-refractivity contribution in [2.45, 2.75) is 11.8 Å². The molecule has 28 heavy (non-hydrogen) atoms. The van der Waals surface area contributed by atoms with E-state index >= 15 is 0 Å². The molecule has 0 radical (unpaired) electrons. The van der Waals surface area contributed by atoms with Crippen molar-refractivity contribution in [1.82, 2.24) is 0 Å². The molecule has 3 rings (SSSR count).